The Morgan fingerprint density at radius 2 is 1.53 bits per heavy atom. The summed E-state index contributed by atoms with van der Waals surface area (Å²) in [5.41, 5.74) is 3.62. The van der Waals surface area contributed by atoms with Gasteiger partial charge in [-0.25, -0.2) is 4.79 Å². The van der Waals surface area contributed by atoms with E-state index < -0.39 is 11.7 Å². The van der Waals surface area contributed by atoms with Crippen molar-refractivity contribution < 1.29 is 19.1 Å². The number of nitrogens with one attached hydrogen (secondary N) is 1. The molecule has 1 amide bonds. The third-order valence-electron chi connectivity index (χ3n) is 5.38. The molecule has 0 spiro atoms. The Morgan fingerprint density at radius 1 is 0.938 bits per heavy atom. The number of amides is 1. The summed E-state index contributed by atoms with van der Waals surface area (Å²) in [7, 11) is 0. The molecule has 1 atom stereocenters. The molecule has 0 bridgehead atoms. The van der Waals surface area contributed by atoms with Gasteiger partial charge < -0.3 is 14.8 Å². The van der Waals surface area contributed by atoms with E-state index in [1.807, 2.05) is 81.4 Å². The number of carbonyl (C=O) groups is 2. The molecule has 170 valence electrons. The van der Waals surface area contributed by atoms with Crippen LogP contribution in [0.5, 0.6) is 0 Å². The summed E-state index contributed by atoms with van der Waals surface area (Å²) in [6.45, 7) is 5.76. The molecule has 1 aliphatic rings. The summed E-state index contributed by atoms with van der Waals surface area (Å²) in [5.74, 6) is -0.285. The number of rotatable bonds is 8. The SMILES string of the molecule is CC(C)(C)OC(=O)NC(Cc1ccccc1)C(CC(=O)OCc1ccccc1)=C1CCC1. The van der Waals surface area contributed by atoms with Gasteiger partial charge in [-0.3, -0.25) is 4.79 Å². The van der Waals surface area contributed by atoms with Gasteiger partial charge in [-0.2, -0.15) is 0 Å². The van der Waals surface area contributed by atoms with Crippen molar-refractivity contribution >= 4 is 12.1 Å². The number of benzene rings is 2. The zero-order chi connectivity index (χ0) is 23.0. The van der Waals surface area contributed by atoms with Crippen molar-refractivity contribution in [2.75, 3.05) is 0 Å². The summed E-state index contributed by atoms with van der Waals surface area (Å²) >= 11 is 0. The first-order valence-corrected chi connectivity index (χ1v) is 11.2. The molecule has 0 saturated heterocycles. The fourth-order valence-electron chi connectivity index (χ4n) is 3.67. The molecule has 0 aliphatic heterocycles. The fourth-order valence-corrected chi connectivity index (χ4v) is 3.67. The maximum atomic E-state index is 12.7. The predicted octanol–water partition coefficient (Wildman–Crippen LogP) is 5.74. The molecule has 1 fully saturated rings. The highest BCUT2D eigenvalue weighted by Crippen LogP contribution is 2.33. The first kappa shape index (κ1) is 23.6. The molecule has 0 aromatic heterocycles. The monoisotopic (exact) mass is 435 g/mol. The first-order valence-electron chi connectivity index (χ1n) is 11.2. The molecule has 5 heteroatoms. The molecular formula is C27H33NO4. The molecule has 3 rings (SSSR count). The fraction of sp³-hybridized carbons (Fsp3) is 0.407. The third kappa shape index (κ3) is 7.56. The lowest BCUT2D eigenvalue weighted by atomic mass is 9.82. The van der Waals surface area contributed by atoms with Gasteiger partial charge in [0.1, 0.15) is 12.2 Å². The van der Waals surface area contributed by atoms with Gasteiger partial charge in [0.25, 0.3) is 0 Å². The van der Waals surface area contributed by atoms with Gasteiger partial charge in [-0.1, -0.05) is 66.2 Å². The van der Waals surface area contributed by atoms with Gasteiger partial charge in [0, 0.05) is 0 Å². The Hall–Kier alpha value is -3.08. The van der Waals surface area contributed by atoms with Crippen LogP contribution in [0, 0.1) is 0 Å². The van der Waals surface area contributed by atoms with Gasteiger partial charge >= 0.3 is 12.1 Å². The number of esters is 1. The Bertz CT molecular complexity index is 923. The van der Waals surface area contributed by atoms with E-state index in [9.17, 15) is 9.59 Å². The summed E-state index contributed by atoms with van der Waals surface area (Å²) in [6, 6.07) is 19.3. The van der Waals surface area contributed by atoms with Crippen LogP contribution >= 0.6 is 0 Å². The Balaban J connectivity index is 1.75. The standard InChI is InChI=1S/C27H33NO4/c1-27(2,3)32-26(30)28-24(17-20-11-6-4-7-12-20)23(22-15-10-16-22)18-25(29)31-19-21-13-8-5-9-14-21/h4-9,11-14,24H,10,15-19H2,1-3H3,(H,28,30). The summed E-state index contributed by atoms with van der Waals surface area (Å²) in [4.78, 5) is 25.4. The zero-order valence-corrected chi connectivity index (χ0v) is 19.2. The summed E-state index contributed by atoms with van der Waals surface area (Å²) in [6.07, 6.45) is 3.27. The number of carbonyl (C=O) groups excluding carboxylic acids is 2. The van der Waals surface area contributed by atoms with Crippen LogP contribution in [0.15, 0.2) is 71.8 Å². The number of hydrogen-bond donors (Lipinski definition) is 1. The molecule has 1 N–H and O–H groups in total. The zero-order valence-electron chi connectivity index (χ0n) is 19.2. The van der Waals surface area contributed by atoms with E-state index in [1.165, 1.54) is 5.57 Å². The molecule has 0 heterocycles. The van der Waals surface area contributed by atoms with Gasteiger partial charge in [-0.15, -0.1) is 0 Å². The minimum Gasteiger partial charge on any atom is -0.461 e. The largest absolute Gasteiger partial charge is 0.461 e. The average molecular weight is 436 g/mol. The normalized spacial score (nSPS) is 14.2. The number of ether oxygens (including phenoxy) is 2. The van der Waals surface area contributed by atoms with Crippen LogP contribution in [0.1, 0.15) is 57.6 Å². The van der Waals surface area contributed by atoms with Crippen molar-refractivity contribution in [1.82, 2.24) is 5.32 Å². The lowest BCUT2D eigenvalue weighted by Crippen LogP contribution is -2.42. The van der Waals surface area contributed by atoms with Gasteiger partial charge in [0.15, 0.2) is 0 Å². The van der Waals surface area contributed by atoms with Crippen molar-refractivity contribution in [3.63, 3.8) is 0 Å². The molecule has 1 unspecified atom stereocenters. The predicted molar refractivity (Wildman–Crippen MR) is 125 cm³/mol. The number of alkyl carbamates (subject to hydrolysis) is 1. The lowest BCUT2D eigenvalue weighted by Gasteiger charge is -2.30. The first-order chi connectivity index (χ1) is 15.3. The second-order valence-electron chi connectivity index (χ2n) is 9.19. The third-order valence-corrected chi connectivity index (χ3v) is 5.38. The smallest absolute Gasteiger partial charge is 0.408 e. The summed E-state index contributed by atoms with van der Waals surface area (Å²) < 4.78 is 11.1. The molecule has 2 aromatic rings. The molecule has 1 aliphatic carbocycles. The highest BCUT2D eigenvalue weighted by molar-refractivity contribution is 5.74. The van der Waals surface area contributed by atoms with E-state index in [2.05, 4.69) is 5.32 Å². The van der Waals surface area contributed by atoms with Crippen LogP contribution < -0.4 is 5.32 Å². The topological polar surface area (TPSA) is 64.6 Å². The Kier molecular flexibility index (Phi) is 8.09. The molecular weight excluding hydrogens is 402 g/mol. The van der Waals surface area contributed by atoms with E-state index in [4.69, 9.17) is 9.47 Å². The van der Waals surface area contributed by atoms with Crippen molar-refractivity contribution in [3.8, 4) is 0 Å². The van der Waals surface area contributed by atoms with Crippen LogP contribution in [0.25, 0.3) is 0 Å². The highest BCUT2D eigenvalue weighted by atomic mass is 16.6. The second-order valence-corrected chi connectivity index (χ2v) is 9.19. The lowest BCUT2D eigenvalue weighted by molar-refractivity contribution is -0.144. The van der Waals surface area contributed by atoms with Gasteiger partial charge in [0.2, 0.25) is 0 Å². The summed E-state index contributed by atoms with van der Waals surface area (Å²) in [5, 5.41) is 3.02. The highest BCUT2D eigenvalue weighted by Gasteiger charge is 2.28. The minimum absolute atomic E-state index is 0.162. The van der Waals surface area contributed by atoms with E-state index in [0.29, 0.717) is 6.42 Å². The van der Waals surface area contributed by atoms with Crippen LogP contribution in [-0.4, -0.2) is 23.7 Å². The minimum atomic E-state index is -0.597. The maximum absolute atomic E-state index is 12.7. The van der Waals surface area contributed by atoms with Gasteiger partial charge in [-0.05, 0) is 63.2 Å². The van der Waals surface area contributed by atoms with E-state index >= 15 is 0 Å². The van der Waals surface area contributed by atoms with E-state index in [1.54, 1.807) is 0 Å². The van der Waals surface area contributed by atoms with Crippen LogP contribution in [0.2, 0.25) is 0 Å². The van der Waals surface area contributed by atoms with Crippen molar-refractivity contribution in [2.45, 2.75) is 71.1 Å². The average Bonchev–Trinajstić information content (AvgIpc) is 2.70. The second kappa shape index (κ2) is 11.0. The van der Waals surface area contributed by atoms with Crippen molar-refractivity contribution in [1.29, 1.82) is 0 Å². The van der Waals surface area contributed by atoms with Crippen LogP contribution in [0.4, 0.5) is 4.79 Å². The van der Waals surface area contributed by atoms with Crippen molar-refractivity contribution in [2.24, 2.45) is 0 Å². The van der Waals surface area contributed by atoms with Gasteiger partial charge in [0.05, 0.1) is 12.5 Å². The Labute approximate surface area is 190 Å². The molecule has 0 radical (unpaired) electrons. The molecule has 1 saturated carbocycles. The molecule has 5 nitrogen and oxygen atoms in total. The Morgan fingerprint density at radius 3 is 2.06 bits per heavy atom. The van der Waals surface area contributed by atoms with Crippen LogP contribution in [-0.2, 0) is 27.3 Å². The van der Waals surface area contributed by atoms with Crippen LogP contribution in [0.3, 0.4) is 0 Å². The maximum Gasteiger partial charge on any atom is 0.408 e. The quantitative estimate of drug-likeness (QED) is 0.424. The van der Waals surface area contributed by atoms with E-state index in [0.717, 1.165) is 36.0 Å². The number of allylic oxidation sites excluding steroid dienone is 1. The van der Waals surface area contributed by atoms with Crippen molar-refractivity contribution in [3.05, 3.63) is 82.9 Å². The number of hydrogen-bond acceptors (Lipinski definition) is 4. The van der Waals surface area contributed by atoms with E-state index in [-0.39, 0.29) is 25.0 Å². The molecule has 32 heavy (non-hydrogen) atoms. The molecule has 2 aromatic carbocycles.